The van der Waals surface area contributed by atoms with Crippen LogP contribution in [0.5, 0.6) is 0 Å². The molecule has 1 aromatic heterocycles. The van der Waals surface area contributed by atoms with E-state index in [4.69, 9.17) is 4.42 Å². The highest BCUT2D eigenvalue weighted by atomic mass is 16.3. The Morgan fingerprint density at radius 1 is 1.11 bits per heavy atom. The smallest absolute Gasteiger partial charge is 0.325 e. The molecule has 2 N–H and O–H groups in total. The number of carbonyl (C=O) groups is 3. The molecule has 7 nitrogen and oxygen atoms in total. The first-order valence-electron chi connectivity index (χ1n) is 8.53. The zero-order valence-electron chi connectivity index (χ0n) is 14.3. The van der Waals surface area contributed by atoms with Gasteiger partial charge in [-0.25, -0.2) is 4.79 Å². The summed E-state index contributed by atoms with van der Waals surface area (Å²) in [6, 6.07) is 17.7. The van der Waals surface area contributed by atoms with Gasteiger partial charge in [-0.1, -0.05) is 48.5 Å². The first-order chi connectivity index (χ1) is 13.1. The fraction of sp³-hybridized carbons (Fsp3) is 0.150. The number of nitrogens with zero attached hydrogens (tertiary/aromatic N) is 1. The SMILES string of the molecule is O=C(CN1C(=O)CNC1=O)NC(c1ccccc1)c1cc2ccccc2o1. The molecule has 2 heterocycles. The lowest BCUT2D eigenvalue weighted by atomic mass is 10.0. The highest BCUT2D eigenvalue weighted by Crippen LogP contribution is 2.28. The summed E-state index contributed by atoms with van der Waals surface area (Å²) in [7, 11) is 0. The second-order valence-electron chi connectivity index (χ2n) is 6.24. The van der Waals surface area contributed by atoms with Crippen LogP contribution in [0.25, 0.3) is 11.0 Å². The highest BCUT2D eigenvalue weighted by molar-refractivity contribution is 6.04. The summed E-state index contributed by atoms with van der Waals surface area (Å²) in [4.78, 5) is 36.8. The molecule has 1 aliphatic rings. The van der Waals surface area contributed by atoms with Crippen LogP contribution in [0.15, 0.2) is 65.1 Å². The molecule has 0 aliphatic carbocycles. The van der Waals surface area contributed by atoms with Crippen molar-refractivity contribution in [2.45, 2.75) is 6.04 Å². The Labute approximate surface area is 154 Å². The first kappa shape index (κ1) is 16.8. The van der Waals surface area contributed by atoms with Crippen molar-refractivity contribution < 1.29 is 18.8 Å². The molecule has 0 radical (unpaired) electrons. The first-order valence-corrected chi connectivity index (χ1v) is 8.53. The van der Waals surface area contributed by atoms with Crippen molar-refractivity contribution in [1.82, 2.24) is 15.5 Å². The number of imide groups is 1. The van der Waals surface area contributed by atoms with E-state index in [1.54, 1.807) is 0 Å². The topological polar surface area (TPSA) is 91.7 Å². The molecular weight excluding hydrogens is 346 g/mol. The summed E-state index contributed by atoms with van der Waals surface area (Å²) >= 11 is 0. The number of nitrogens with one attached hydrogen (secondary N) is 2. The lowest BCUT2D eigenvalue weighted by molar-refractivity contribution is -0.130. The average Bonchev–Trinajstić information content (AvgIpc) is 3.25. The molecule has 27 heavy (non-hydrogen) atoms. The molecule has 7 heteroatoms. The average molecular weight is 363 g/mol. The molecule has 1 fully saturated rings. The van der Waals surface area contributed by atoms with E-state index in [1.807, 2.05) is 60.7 Å². The summed E-state index contributed by atoms with van der Waals surface area (Å²) in [6.45, 7) is -0.425. The van der Waals surface area contributed by atoms with Crippen molar-refractivity contribution in [3.8, 4) is 0 Å². The lowest BCUT2D eigenvalue weighted by Crippen LogP contribution is -2.42. The van der Waals surface area contributed by atoms with Gasteiger partial charge in [0.05, 0.1) is 6.54 Å². The molecule has 4 amide bonds. The minimum Gasteiger partial charge on any atom is -0.459 e. The molecule has 2 aromatic carbocycles. The fourth-order valence-corrected chi connectivity index (χ4v) is 3.07. The van der Waals surface area contributed by atoms with Crippen molar-refractivity contribution in [3.63, 3.8) is 0 Å². The molecule has 1 saturated heterocycles. The van der Waals surface area contributed by atoms with Gasteiger partial charge in [-0.3, -0.25) is 14.5 Å². The summed E-state index contributed by atoms with van der Waals surface area (Å²) < 4.78 is 5.92. The van der Waals surface area contributed by atoms with Gasteiger partial charge >= 0.3 is 6.03 Å². The van der Waals surface area contributed by atoms with Crippen LogP contribution in [0, 0.1) is 0 Å². The number of urea groups is 1. The molecule has 1 unspecified atom stereocenters. The quantitative estimate of drug-likeness (QED) is 0.680. The van der Waals surface area contributed by atoms with Crippen molar-refractivity contribution in [3.05, 3.63) is 72.0 Å². The Kier molecular flexibility index (Phi) is 4.33. The number of amides is 4. The molecule has 3 aromatic rings. The van der Waals surface area contributed by atoms with Crippen LogP contribution in [0.2, 0.25) is 0 Å². The zero-order chi connectivity index (χ0) is 18.8. The minimum absolute atomic E-state index is 0.0855. The van der Waals surface area contributed by atoms with Crippen molar-refractivity contribution >= 4 is 28.8 Å². The molecule has 136 valence electrons. The normalized spacial score (nSPS) is 15.0. The van der Waals surface area contributed by atoms with E-state index in [9.17, 15) is 14.4 Å². The monoisotopic (exact) mass is 363 g/mol. The second kappa shape index (κ2) is 6.95. The highest BCUT2D eigenvalue weighted by Gasteiger charge is 2.31. The van der Waals surface area contributed by atoms with E-state index in [0.29, 0.717) is 5.76 Å². The third-order valence-electron chi connectivity index (χ3n) is 4.41. The van der Waals surface area contributed by atoms with Crippen LogP contribution in [-0.2, 0) is 9.59 Å². The van der Waals surface area contributed by atoms with Gasteiger partial charge in [-0.15, -0.1) is 0 Å². The van der Waals surface area contributed by atoms with Crippen LogP contribution in [0.4, 0.5) is 4.79 Å². The third kappa shape index (κ3) is 3.39. The van der Waals surface area contributed by atoms with Crippen molar-refractivity contribution in [2.75, 3.05) is 13.1 Å². The maximum atomic E-state index is 12.5. The summed E-state index contributed by atoms with van der Waals surface area (Å²) in [6.07, 6.45) is 0. The second-order valence-corrected chi connectivity index (χ2v) is 6.24. The van der Waals surface area contributed by atoms with Gasteiger partial charge < -0.3 is 15.1 Å². The Balaban J connectivity index is 1.61. The van der Waals surface area contributed by atoms with Crippen molar-refractivity contribution in [1.29, 1.82) is 0 Å². The number of fused-ring (bicyclic) bond motifs is 1. The number of rotatable bonds is 5. The number of para-hydroxylation sites is 1. The van der Waals surface area contributed by atoms with Gasteiger partial charge in [-0.05, 0) is 17.7 Å². The van der Waals surface area contributed by atoms with E-state index in [2.05, 4.69) is 10.6 Å². The van der Waals surface area contributed by atoms with Gasteiger partial charge in [0.1, 0.15) is 23.9 Å². The predicted molar refractivity (Wildman–Crippen MR) is 97.8 cm³/mol. The van der Waals surface area contributed by atoms with Crippen LogP contribution in [0.1, 0.15) is 17.4 Å². The molecule has 0 bridgehead atoms. The van der Waals surface area contributed by atoms with Gasteiger partial charge in [-0.2, -0.15) is 0 Å². The van der Waals surface area contributed by atoms with Crippen LogP contribution in [0.3, 0.4) is 0 Å². The Bertz CT molecular complexity index is 963. The van der Waals surface area contributed by atoms with Gasteiger partial charge in [0.15, 0.2) is 0 Å². The summed E-state index contributed by atoms with van der Waals surface area (Å²) in [5.41, 5.74) is 1.55. The molecule has 1 atom stereocenters. The maximum Gasteiger partial charge on any atom is 0.325 e. The number of carbonyl (C=O) groups excluding carboxylic acids is 3. The lowest BCUT2D eigenvalue weighted by Gasteiger charge is -2.19. The number of hydrogen-bond acceptors (Lipinski definition) is 4. The van der Waals surface area contributed by atoms with E-state index >= 15 is 0 Å². The zero-order valence-corrected chi connectivity index (χ0v) is 14.3. The van der Waals surface area contributed by atoms with Gasteiger partial charge in [0, 0.05) is 5.39 Å². The molecule has 0 saturated carbocycles. The maximum absolute atomic E-state index is 12.5. The summed E-state index contributed by atoms with van der Waals surface area (Å²) in [5, 5.41) is 6.20. The molecule has 0 spiro atoms. The minimum atomic E-state index is -0.560. The largest absolute Gasteiger partial charge is 0.459 e. The standard InChI is InChI=1S/C20H17N3O4/c24-17(12-23-18(25)11-21-20(23)26)22-19(13-6-2-1-3-7-13)16-10-14-8-4-5-9-15(14)27-16/h1-10,19H,11-12H2,(H,21,26)(H,22,24). The van der Waals surface area contributed by atoms with E-state index in [0.717, 1.165) is 21.4 Å². The molecule has 1 aliphatic heterocycles. The van der Waals surface area contributed by atoms with Crippen LogP contribution >= 0.6 is 0 Å². The van der Waals surface area contributed by atoms with E-state index in [-0.39, 0.29) is 13.1 Å². The van der Waals surface area contributed by atoms with Gasteiger partial charge in [0.2, 0.25) is 5.91 Å². The Hall–Kier alpha value is -3.61. The van der Waals surface area contributed by atoms with Crippen LogP contribution in [-0.4, -0.2) is 35.8 Å². The van der Waals surface area contributed by atoms with E-state index < -0.39 is 23.9 Å². The number of furan rings is 1. The Morgan fingerprint density at radius 3 is 2.56 bits per heavy atom. The predicted octanol–water partition coefficient (Wildman–Crippen LogP) is 2.19. The molecule has 4 rings (SSSR count). The number of benzene rings is 2. The van der Waals surface area contributed by atoms with E-state index in [1.165, 1.54) is 0 Å². The fourth-order valence-electron chi connectivity index (χ4n) is 3.07. The molecular formula is C20H17N3O4. The van der Waals surface area contributed by atoms with Crippen LogP contribution < -0.4 is 10.6 Å². The summed E-state index contributed by atoms with van der Waals surface area (Å²) in [5.74, 6) is -0.294. The van der Waals surface area contributed by atoms with Crippen molar-refractivity contribution in [2.24, 2.45) is 0 Å². The number of hydrogen-bond donors (Lipinski definition) is 2. The Morgan fingerprint density at radius 2 is 1.85 bits per heavy atom. The van der Waals surface area contributed by atoms with Gasteiger partial charge in [0.25, 0.3) is 5.91 Å². The third-order valence-corrected chi connectivity index (χ3v) is 4.41.